The summed E-state index contributed by atoms with van der Waals surface area (Å²) in [5.74, 6) is 0.477. The summed E-state index contributed by atoms with van der Waals surface area (Å²) < 4.78 is 17.5. The maximum atomic E-state index is 14.9. The van der Waals surface area contributed by atoms with E-state index in [-0.39, 0.29) is 23.8 Å². The van der Waals surface area contributed by atoms with Gasteiger partial charge in [0.05, 0.1) is 35.9 Å². The van der Waals surface area contributed by atoms with Gasteiger partial charge >= 0.3 is 0 Å². The predicted octanol–water partition coefficient (Wildman–Crippen LogP) is 4.84. The van der Waals surface area contributed by atoms with Gasteiger partial charge in [0.2, 0.25) is 0 Å². The van der Waals surface area contributed by atoms with Crippen LogP contribution in [0.15, 0.2) is 55.1 Å². The number of rotatable bonds is 5. The Balaban J connectivity index is 1.40. The van der Waals surface area contributed by atoms with Gasteiger partial charge in [-0.1, -0.05) is 35.1 Å². The van der Waals surface area contributed by atoms with Crippen LogP contribution in [0.5, 0.6) is 0 Å². The van der Waals surface area contributed by atoms with Gasteiger partial charge in [-0.25, -0.2) is 19.3 Å². The highest BCUT2D eigenvalue weighted by Gasteiger charge is 2.29. The fourth-order valence-corrected chi connectivity index (χ4v) is 5.58. The predicted molar refractivity (Wildman–Crippen MR) is 134 cm³/mol. The molecule has 1 aromatic carbocycles. The van der Waals surface area contributed by atoms with E-state index in [0.29, 0.717) is 38.5 Å². The molecule has 0 saturated heterocycles. The van der Waals surface area contributed by atoms with Crippen molar-refractivity contribution < 1.29 is 9.18 Å². The van der Waals surface area contributed by atoms with Crippen molar-refractivity contribution in [3.05, 3.63) is 70.3 Å². The largest absolute Gasteiger partial charge is 0.347 e. The molecule has 12 heteroatoms. The van der Waals surface area contributed by atoms with Crippen molar-refractivity contribution in [3.63, 3.8) is 0 Å². The first-order chi connectivity index (χ1) is 17.6. The van der Waals surface area contributed by atoms with Crippen LogP contribution in [0, 0.1) is 5.82 Å². The number of hydrogen-bond donors (Lipinski definition) is 1. The van der Waals surface area contributed by atoms with Gasteiger partial charge in [-0.05, 0) is 37.8 Å². The van der Waals surface area contributed by atoms with Gasteiger partial charge < -0.3 is 9.88 Å². The first kappa shape index (κ1) is 22.7. The second-order valence-electron chi connectivity index (χ2n) is 8.60. The molecule has 182 valence electrons. The Morgan fingerprint density at radius 2 is 1.97 bits per heavy atom. The molecule has 0 bridgehead atoms. The molecule has 0 radical (unpaired) electrons. The zero-order valence-corrected chi connectivity index (χ0v) is 20.5. The van der Waals surface area contributed by atoms with Gasteiger partial charge in [-0.15, -0.1) is 4.80 Å². The standard InChI is InChI=1S/C24H20ClFN8OS/c25-20-13-28-24(36-20)23(35)31-14-4-3-5-15(10-14)33-19-11-21(34-29-8-9-30-34)27-12-18(19)32-22(33)16-6-1-2-7-17(16)26/h1-2,6-9,11-15H,3-5,10H2,(H,31,35). The highest BCUT2D eigenvalue weighted by atomic mass is 35.5. The molecule has 0 aliphatic heterocycles. The van der Waals surface area contributed by atoms with Gasteiger partial charge in [-0.3, -0.25) is 4.79 Å². The second-order valence-corrected chi connectivity index (χ2v) is 10.3. The van der Waals surface area contributed by atoms with Crippen molar-refractivity contribution in [2.75, 3.05) is 0 Å². The maximum absolute atomic E-state index is 14.9. The molecule has 0 spiro atoms. The third kappa shape index (κ3) is 4.24. The third-order valence-corrected chi connectivity index (χ3v) is 7.43. The molecule has 1 aliphatic rings. The van der Waals surface area contributed by atoms with E-state index in [9.17, 15) is 9.18 Å². The molecule has 5 aromatic rings. The zero-order chi connectivity index (χ0) is 24.6. The molecule has 1 aliphatic carbocycles. The summed E-state index contributed by atoms with van der Waals surface area (Å²) in [6, 6.07) is 8.38. The molecular weight excluding hydrogens is 503 g/mol. The van der Waals surface area contributed by atoms with Crippen molar-refractivity contribution >= 4 is 39.9 Å². The minimum atomic E-state index is -0.350. The van der Waals surface area contributed by atoms with Crippen molar-refractivity contribution in [2.24, 2.45) is 0 Å². The van der Waals surface area contributed by atoms with Crippen LogP contribution < -0.4 is 5.32 Å². The minimum Gasteiger partial charge on any atom is -0.347 e. The first-order valence-electron chi connectivity index (χ1n) is 11.5. The summed E-state index contributed by atoms with van der Waals surface area (Å²) in [7, 11) is 0. The number of hydrogen-bond acceptors (Lipinski definition) is 7. The van der Waals surface area contributed by atoms with Gasteiger partial charge in [0.15, 0.2) is 10.8 Å². The normalized spacial score (nSPS) is 17.9. The lowest BCUT2D eigenvalue weighted by Crippen LogP contribution is -2.39. The summed E-state index contributed by atoms with van der Waals surface area (Å²) in [4.78, 5) is 27.5. The minimum absolute atomic E-state index is 0.0237. The Kier molecular flexibility index (Phi) is 5.94. The Hall–Kier alpha value is -3.70. The van der Waals surface area contributed by atoms with Gasteiger partial charge in [0, 0.05) is 18.2 Å². The average Bonchev–Trinajstić information content (AvgIpc) is 3.64. The monoisotopic (exact) mass is 522 g/mol. The van der Waals surface area contributed by atoms with Crippen LogP contribution in [-0.4, -0.2) is 46.5 Å². The van der Waals surface area contributed by atoms with Crippen LogP contribution in [0.1, 0.15) is 41.5 Å². The molecule has 36 heavy (non-hydrogen) atoms. The number of thiazole rings is 1. The average molecular weight is 523 g/mol. The van der Waals surface area contributed by atoms with Crippen LogP contribution in [0.4, 0.5) is 4.39 Å². The van der Waals surface area contributed by atoms with Crippen molar-refractivity contribution in [1.29, 1.82) is 0 Å². The Labute approximate surface area is 214 Å². The summed E-state index contributed by atoms with van der Waals surface area (Å²) in [5.41, 5.74) is 1.86. The topological polar surface area (TPSA) is 103 Å². The Morgan fingerprint density at radius 1 is 1.14 bits per heavy atom. The fourth-order valence-electron chi connectivity index (χ4n) is 4.77. The van der Waals surface area contributed by atoms with Gasteiger partial charge in [0.1, 0.15) is 21.5 Å². The molecule has 9 nitrogen and oxygen atoms in total. The molecule has 4 heterocycles. The molecule has 2 unspecified atom stereocenters. The van der Waals surface area contributed by atoms with Gasteiger partial charge in [-0.2, -0.15) is 10.2 Å². The molecule has 1 fully saturated rings. The van der Waals surface area contributed by atoms with E-state index < -0.39 is 0 Å². The van der Waals surface area contributed by atoms with Crippen LogP contribution in [0.25, 0.3) is 28.2 Å². The number of benzene rings is 1. The Morgan fingerprint density at radius 3 is 2.75 bits per heavy atom. The first-order valence-corrected chi connectivity index (χ1v) is 12.7. The number of carbonyl (C=O) groups excluding carboxylic acids is 1. The van der Waals surface area contributed by atoms with Crippen LogP contribution >= 0.6 is 22.9 Å². The van der Waals surface area contributed by atoms with Crippen LogP contribution in [0.2, 0.25) is 4.34 Å². The Bertz CT molecular complexity index is 1550. The van der Waals surface area contributed by atoms with E-state index >= 15 is 0 Å². The van der Waals surface area contributed by atoms with Crippen LogP contribution in [0.3, 0.4) is 0 Å². The van der Waals surface area contributed by atoms with E-state index in [1.54, 1.807) is 36.8 Å². The molecule has 6 rings (SSSR count). The molecular formula is C24H20ClFN8OS. The smallest absolute Gasteiger partial charge is 0.280 e. The van der Waals surface area contributed by atoms with Gasteiger partial charge in [0.25, 0.3) is 5.91 Å². The molecule has 1 saturated carbocycles. The highest BCUT2D eigenvalue weighted by molar-refractivity contribution is 7.17. The number of pyridine rings is 1. The highest BCUT2D eigenvalue weighted by Crippen LogP contribution is 2.37. The van der Waals surface area contributed by atoms with E-state index in [0.717, 1.165) is 36.1 Å². The summed E-state index contributed by atoms with van der Waals surface area (Å²) in [6.07, 6.45) is 9.55. The lowest BCUT2D eigenvalue weighted by molar-refractivity contribution is 0.0920. The number of nitrogens with one attached hydrogen (secondary N) is 1. The maximum Gasteiger partial charge on any atom is 0.280 e. The molecule has 2 atom stereocenters. The van der Waals surface area contributed by atoms with Crippen molar-refractivity contribution in [2.45, 2.75) is 37.8 Å². The quantitative estimate of drug-likeness (QED) is 0.354. The van der Waals surface area contributed by atoms with Crippen LogP contribution in [-0.2, 0) is 0 Å². The number of halogens is 2. The van der Waals surface area contributed by atoms with E-state index in [4.69, 9.17) is 16.6 Å². The van der Waals surface area contributed by atoms with E-state index in [2.05, 4.69) is 30.0 Å². The number of carbonyl (C=O) groups is 1. The van der Waals surface area contributed by atoms with Crippen molar-refractivity contribution in [1.82, 2.24) is 39.8 Å². The molecule has 1 N–H and O–H groups in total. The van der Waals surface area contributed by atoms with E-state index in [1.165, 1.54) is 17.1 Å². The molecule has 4 aromatic heterocycles. The lowest BCUT2D eigenvalue weighted by atomic mass is 9.90. The van der Waals surface area contributed by atoms with Crippen molar-refractivity contribution in [3.8, 4) is 17.2 Å². The third-order valence-electron chi connectivity index (χ3n) is 6.32. The lowest BCUT2D eigenvalue weighted by Gasteiger charge is -2.32. The van der Waals surface area contributed by atoms with E-state index in [1.807, 2.05) is 6.07 Å². The number of imidazole rings is 1. The summed E-state index contributed by atoms with van der Waals surface area (Å²) in [5, 5.41) is 11.8. The number of nitrogens with zero attached hydrogens (tertiary/aromatic N) is 7. The summed E-state index contributed by atoms with van der Waals surface area (Å²) >= 11 is 7.10. The fraction of sp³-hybridized carbons (Fsp3) is 0.250. The number of amides is 1. The number of aromatic nitrogens is 7. The SMILES string of the molecule is O=C(NC1CCCC(n2c(-c3ccccc3F)nc3cnc(-n4nccn4)cc32)C1)c1ncc(Cl)s1. The summed E-state index contributed by atoms with van der Waals surface area (Å²) in [6.45, 7) is 0. The number of fused-ring (bicyclic) bond motifs is 1. The zero-order valence-electron chi connectivity index (χ0n) is 18.9. The molecule has 1 amide bonds. The second kappa shape index (κ2) is 9.40.